The third-order valence-electron chi connectivity index (χ3n) is 5.78. The first-order valence-corrected chi connectivity index (χ1v) is 11.3. The summed E-state index contributed by atoms with van der Waals surface area (Å²) in [4.78, 5) is 27.7. The molecule has 0 radical (unpaired) electrons. The maximum atomic E-state index is 13.1. The number of benzene rings is 2. The van der Waals surface area contributed by atoms with Crippen molar-refractivity contribution in [1.82, 2.24) is 10.2 Å². The SMILES string of the molecule is Cc1ccc(CN(C(=O)COc2ccccc2Cl)[C@@H](C)C(=O)NC2CCCCC2)cc1. The third-order valence-corrected chi connectivity index (χ3v) is 6.09. The van der Waals surface area contributed by atoms with E-state index >= 15 is 0 Å². The summed E-state index contributed by atoms with van der Waals surface area (Å²) in [6.07, 6.45) is 5.49. The molecule has 31 heavy (non-hydrogen) atoms. The molecule has 2 amide bonds. The van der Waals surface area contributed by atoms with E-state index in [9.17, 15) is 9.59 Å². The van der Waals surface area contributed by atoms with Gasteiger partial charge in [-0.1, -0.05) is 72.8 Å². The van der Waals surface area contributed by atoms with E-state index in [4.69, 9.17) is 16.3 Å². The number of nitrogens with one attached hydrogen (secondary N) is 1. The lowest BCUT2D eigenvalue weighted by atomic mass is 9.95. The number of nitrogens with zero attached hydrogens (tertiary/aromatic N) is 1. The minimum Gasteiger partial charge on any atom is -0.482 e. The number of hydrogen-bond donors (Lipinski definition) is 1. The van der Waals surface area contributed by atoms with Gasteiger partial charge in [0.1, 0.15) is 11.8 Å². The molecule has 1 fully saturated rings. The van der Waals surface area contributed by atoms with Crippen LogP contribution in [-0.4, -0.2) is 35.4 Å². The van der Waals surface area contributed by atoms with E-state index in [1.54, 1.807) is 36.1 Å². The summed E-state index contributed by atoms with van der Waals surface area (Å²) in [7, 11) is 0. The molecule has 1 aliphatic rings. The van der Waals surface area contributed by atoms with Gasteiger partial charge in [-0.2, -0.15) is 0 Å². The van der Waals surface area contributed by atoms with E-state index in [0.717, 1.165) is 36.8 Å². The number of carbonyl (C=O) groups excluding carboxylic acids is 2. The molecule has 0 heterocycles. The van der Waals surface area contributed by atoms with Gasteiger partial charge in [-0.05, 0) is 44.4 Å². The molecule has 1 saturated carbocycles. The quantitative estimate of drug-likeness (QED) is 0.633. The molecule has 3 rings (SSSR count). The zero-order valence-electron chi connectivity index (χ0n) is 18.3. The van der Waals surface area contributed by atoms with Crippen molar-refractivity contribution in [2.24, 2.45) is 0 Å². The molecule has 0 unspecified atom stereocenters. The van der Waals surface area contributed by atoms with Gasteiger partial charge in [0.2, 0.25) is 5.91 Å². The molecular formula is C25H31ClN2O3. The van der Waals surface area contributed by atoms with Gasteiger partial charge in [0.05, 0.1) is 5.02 Å². The second-order valence-electron chi connectivity index (χ2n) is 8.25. The summed E-state index contributed by atoms with van der Waals surface area (Å²) in [5.74, 6) is 0.0732. The Bertz CT molecular complexity index is 879. The lowest BCUT2D eigenvalue weighted by molar-refractivity contribution is -0.142. The van der Waals surface area contributed by atoms with Crippen LogP contribution < -0.4 is 10.1 Å². The molecule has 0 aromatic heterocycles. The first kappa shape index (κ1) is 23.1. The van der Waals surface area contributed by atoms with E-state index in [0.29, 0.717) is 17.3 Å². The van der Waals surface area contributed by atoms with Gasteiger partial charge < -0.3 is 15.0 Å². The predicted molar refractivity (Wildman–Crippen MR) is 123 cm³/mol. The predicted octanol–water partition coefficient (Wildman–Crippen LogP) is 4.89. The van der Waals surface area contributed by atoms with Crippen LogP contribution in [0.1, 0.15) is 50.2 Å². The average molecular weight is 443 g/mol. The maximum absolute atomic E-state index is 13.1. The summed E-state index contributed by atoms with van der Waals surface area (Å²) in [6, 6.07) is 14.6. The highest BCUT2D eigenvalue weighted by Gasteiger charge is 2.28. The van der Waals surface area contributed by atoms with E-state index in [2.05, 4.69) is 5.32 Å². The van der Waals surface area contributed by atoms with Crippen molar-refractivity contribution in [2.75, 3.05) is 6.61 Å². The van der Waals surface area contributed by atoms with Crippen LogP contribution in [0.25, 0.3) is 0 Å². The summed E-state index contributed by atoms with van der Waals surface area (Å²) in [5.41, 5.74) is 2.11. The number of aryl methyl sites for hydroxylation is 1. The fraction of sp³-hybridized carbons (Fsp3) is 0.440. The number of halogens is 1. The van der Waals surface area contributed by atoms with Gasteiger partial charge in [-0.25, -0.2) is 0 Å². The van der Waals surface area contributed by atoms with E-state index < -0.39 is 6.04 Å². The van der Waals surface area contributed by atoms with Crippen LogP contribution >= 0.6 is 11.6 Å². The van der Waals surface area contributed by atoms with Crippen LogP contribution in [0.4, 0.5) is 0 Å². The van der Waals surface area contributed by atoms with Crippen LogP contribution in [0.15, 0.2) is 48.5 Å². The maximum Gasteiger partial charge on any atom is 0.261 e. The second-order valence-corrected chi connectivity index (χ2v) is 8.65. The van der Waals surface area contributed by atoms with Crippen molar-refractivity contribution >= 4 is 23.4 Å². The molecule has 0 saturated heterocycles. The number of para-hydroxylation sites is 1. The van der Waals surface area contributed by atoms with Gasteiger partial charge in [-0.3, -0.25) is 9.59 Å². The first-order chi connectivity index (χ1) is 14.9. The Morgan fingerprint density at radius 1 is 1.10 bits per heavy atom. The second kappa shape index (κ2) is 11.2. The molecule has 2 aromatic carbocycles. The van der Waals surface area contributed by atoms with Crippen LogP contribution in [0.5, 0.6) is 5.75 Å². The summed E-state index contributed by atoms with van der Waals surface area (Å²) < 4.78 is 5.66. The van der Waals surface area contributed by atoms with Crippen molar-refractivity contribution in [3.8, 4) is 5.75 Å². The Hall–Kier alpha value is -2.53. The smallest absolute Gasteiger partial charge is 0.261 e. The molecule has 5 nitrogen and oxygen atoms in total. The minimum atomic E-state index is -0.606. The molecule has 0 aliphatic heterocycles. The Morgan fingerprint density at radius 2 is 1.77 bits per heavy atom. The normalized spacial score (nSPS) is 15.2. The highest BCUT2D eigenvalue weighted by Crippen LogP contribution is 2.23. The van der Waals surface area contributed by atoms with Crippen LogP contribution in [0.3, 0.4) is 0 Å². The van der Waals surface area contributed by atoms with Gasteiger partial charge in [0.25, 0.3) is 5.91 Å². The van der Waals surface area contributed by atoms with Crippen LogP contribution in [0.2, 0.25) is 5.02 Å². The molecule has 2 aromatic rings. The summed E-state index contributed by atoms with van der Waals surface area (Å²) in [5, 5.41) is 3.58. The number of amides is 2. The Kier molecular flexibility index (Phi) is 8.35. The van der Waals surface area contributed by atoms with Crippen molar-refractivity contribution in [3.05, 3.63) is 64.7 Å². The topological polar surface area (TPSA) is 58.6 Å². The molecule has 6 heteroatoms. The molecule has 166 valence electrons. The van der Waals surface area contributed by atoms with E-state index in [-0.39, 0.29) is 24.5 Å². The fourth-order valence-electron chi connectivity index (χ4n) is 3.83. The third kappa shape index (κ3) is 6.73. The lowest BCUT2D eigenvalue weighted by Gasteiger charge is -2.31. The van der Waals surface area contributed by atoms with E-state index in [1.165, 1.54) is 6.42 Å². The monoisotopic (exact) mass is 442 g/mol. The van der Waals surface area contributed by atoms with Crippen LogP contribution in [-0.2, 0) is 16.1 Å². The molecule has 0 bridgehead atoms. The van der Waals surface area contributed by atoms with Gasteiger partial charge in [0, 0.05) is 12.6 Å². The van der Waals surface area contributed by atoms with Gasteiger partial charge in [-0.15, -0.1) is 0 Å². The number of rotatable bonds is 8. The molecule has 0 spiro atoms. The van der Waals surface area contributed by atoms with Gasteiger partial charge >= 0.3 is 0 Å². The Morgan fingerprint density at radius 3 is 2.45 bits per heavy atom. The number of ether oxygens (including phenoxy) is 1. The standard InChI is InChI=1S/C25H31ClN2O3/c1-18-12-14-20(15-13-18)16-28(19(2)25(30)27-21-8-4-3-5-9-21)24(29)17-31-23-11-7-6-10-22(23)26/h6-7,10-15,19,21H,3-5,8-9,16-17H2,1-2H3,(H,27,30)/t19-/m0/s1. The van der Waals surface area contributed by atoms with Crippen molar-refractivity contribution < 1.29 is 14.3 Å². The zero-order valence-corrected chi connectivity index (χ0v) is 19.0. The highest BCUT2D eigenvalue weighted by molar-refractivity contribution is 6.32. The zero-order chi connectivity index (χ0) is 22.2. The number of hydrogen-bond acceptors (Lipinski definition) is 3. The first-order valence-electron chi connectivity index (χ1n) is 11.0. The van der Waals surface area contributed by atoms with Crippen molar-refractivity contribution in [1.29, 1.82) is 0 Å². The van der Waals surface area contributed by atoms with Crippen LogP contribution in [0, 0.1) is 6.92 Å². The molecule has 1 atom stereocenters. The molecule has 1 N–H and O–H groups in total. The largest absolute Gasteiger partial charge is 0.482 e. The molecular weight excluding hydrogens is 412 g/mol. The summed E-state index contributed by atoms with van der Waals surface area (Å²) in [6.45, 7) is 3.95. The fourth-order valence-corrected chi connectivity index (χ4v) is 4.02. The summed E-state index contributed by atoms with van der Waals surface area (Å²) >= 11 is 6.14. The minimum absolute atomic E-state index is 0.120. The van der Waals surface area contributed by atoms with Crippen molar-refractivity contribution in [3.63, 3.8) is 0 Å². The Balaban J connectivity index is 1.70. The van der Waals surface area contributed by atoms with Gasteiger partial charge in [0.15, 0.2) is 6.61 Å². The van der Waals surface area contributed by atoms with E-state index in [1.807, 2.05) is 31.2 Å². The average Bonchev–Trinajstić information content (AvgIpc) is 2.78. The molecule has 1 aliphatic carbocycles. The van der Waals surface area contributed by atoms with Crippen molar-refractivity contribution in [2.45, 2.75) is 64.6 Å². The Labute approximate surface area is 189 Å². The highest BCUT2D eigenvalue weighted by atomic mass is 35.5. The lowest BCUT2D eigenvalue weighted by Crippen LogP contribution is -2.51. The number of carbonyl (C=O) groups is 2.